The normalized spacial score (nSPS) is 15.2. The molecule has 32 heavy (non-hydrogen) atoms. The van der Waals surface area contributed by atoms with Crippen molar-refractivity contribution in [3.63, 3.8) is 0 Å². The Balaban J connectivity index is 1.45. The van der Waals surface area contributed by atoms with Crippen LogP contribution in [0.25, 0.3) is 22.0 Å². The quantitative estimate of drug-likeness (QED) is 0.667. The summed E-state index contributed by atoms with van der Waals surface area (Å²) >= 11 is 0. The summed E-state index contributed by atoms with van der Waals surface area (Å²) in [6, 6.07) is 7.68. The van der Waals surface area contributed by atoms with Crippen molar-refractivity contribution in [2.45, 2.75) is 25.9 Å². The van der Waals surface area contributed by atoms with Gasteiger partial charge in [-0.05, 0) is 37.3 Å². The summed E-state index contributed by atoms with van der Waals surface area (Å²) in [4.78, 5) is 33.3. The third-order valence-corrected chi connectivity index (χ3v) is 5.88. The van der Waals surface area contributed by atoms with Gasteiger partial charge in [-0.3, -0.25) is 9.59 Å². The first-order valence-electron chi connectivity index (χ1n) is 10.2. The number of hydrogen-bond donors (Lipinski definition) is 1. The van der Waals surface area contributed by atoms with E-state index in [-0.39, 0.29) is 31.8 Å². The molecule has 0 unspecified atom stereocenters. The molecule has 1 aliphatic heterocycles. The lowest BCUT2D eigenvalue weighted by Crippen LogP contribution is -2.46. The van der Waals surface area contributed by atoms with Gasteiger partial charge < -0.3 is 14.8 Å². The zero-order valence-corrected chi connectivity index (χ0v) is 17.6. The molecular formula is C22H22F3N5O2. The van der Waals surface area contributed by atoms with Crippen LogP contribution in [0.3, 0.4) is 0 Å². The van der Waals surface area contributed by atoms with Gasteiger partial charge in [-0.15, -0.1) is 0 Å². The largest absolute Gasteiger partial charge is 0.471 e. The average molecular weight is 445 g/mol. The highest BCUT2D eigenvalue weighted by Crippen LogP contribution is 2.27. The van der Waals surface area contributed by atoms with Crippen LogP contribution < -0.4 is 5.32 Å². The molecule has 1 aromatic carbocycles. The molecule has 3 aromatic rings. The van der Waals surface area contributed by atoms with Crippen LogP contribution in [0.1, 0.15) is 18.7 Å². The molecule has 0 spiro atoms. The van der Waals surface area contributed by atoms with Gasteiger partial charge in [-0.1, -0.05) is 12.1 Å². The van der Waals surface area contributed by atoms with E-state index in [1.54, 1.807) is 18.5 Å². The number of nitrogens with one attached hydrogen (secondary N) is 1. The maximum absolute atomic E-state index is 12.6. The lowest BCUT2D eigenvalue weighted by atomic mass is 9.96. The fourth-order valence-electron chi connectivity index (χ4n) is 3.89. The number of alkyl halides is 3. The average Bonchev–Trinajstić information content (AvgIpc) is 3.10. The SMILES string of the molecule is Cc1ncc(-c2ccc3cnc(NC(=O)C4CCN(C(=O)C(F)(F)F)CC4)cc3c2)n1C. The summed E-state index contributed by atoms with van der Waals surface area (Å²) in [5, 5.41) is 4.55. The lowest BCUT2D eigenvalue weighted by molar-refractivity contribution is -0.186. The number of benzene rings is 1. The molecule has 0 aliphatic carbocycles. The number of carbonyl (C=O) groups is 2. The minimum atomic E-state index is -4.89. The number of pyridine rings is 1. The van der Waals surface area contributed by atoms with Crippen molar-refractivity contribution in [2.24, 2.45) is 13.0 Å². The van der Waals surface area contributed by atoms with Crippen LogP contribution in [-0.2, 0) is 16.6 Å². The monoisotopic (exact) mass is 445 g/mol. The molecule has 1 N–H and O–H groups in total. The summed E-state index contributed by atoms with van der Waals surface area (Å²) in [7, 11) is 1.94. The maximum atomic E-state index is 12.6. The summed E-state index contributed by atoms with van der Waals surface area (Å²) in [5.74, 6) is -1.38. The molecule has 1 fully saturated rings. The predicted molar refractivity (Wildman–Crippen MR) is 113 cm³/mol. The van der Waals surface area contributed by atoms with E-state index in [4.69, 9.17) is 0 Å². The Bertz CT molecular complexity index is 1180. The van der Waals surface area contributed by atoms with Crippen LogP contribution in [0.2, 0.25) is 0 Å². The smallest absolute Gasteiger partial charge is 0.335 e. The van der Waals surface area contributed by atoms with Crippen molar-refractivity contribution < 1.29 is 22.8 Å². The zero-order chi connectivity index (χ0) is 23.0. The van der Waals surface area contributed by atoms with Crippen molar-refractivity contribution in [3.8, 4) is 11.3 Å². The molecular weight excluding hydrogens is 423 g/mol. The Morgan fingerprint density at radius 2 is 1.78 bits per heavy atom. The lowest BCUT2D eigenvalue weighted by Gasteiger charge is -2.31. The van der Waals surface area contributed by atoms with E-state index in [2.05, 4.69) is 15.3 Å². The first-order chi connectivity index (χ1) is 15.1. The number of likely N-dealkylation sites (tertiary alicyclic amines) is 1. The summed E-state index contributed by atoms with van der Waals surface area (Å²) in [6.45, 7) is 1.72. The van der Waals surface area contributed by atoms with Gasteiger partial charge in [-0.2, -0.15) is 13.2 Å². The third kappa shape index (κ3) is 4.30. The molecule has 10 heteroatoms. The molecule has 7 nitrogen and oxygen atoms in total. The van der Waals surface area contributed by atoms with E-state index in [9.17, 15) is 22.8 Å². The predicted octanol–water partition coefficient (Wildman–Crippen LogP) is 3.68. The number of anilines is 1. The third-order valence-electron chi connectivity index (χ3n) is 5.88. The van der Waals surface area contributed by atoms with Crippen LogP contribution >= 0.6 is 0 Å². The summed E-state index contributed by atoms with van der Waals surface area (Å²) < 4.78 is 39.7. The number of nitrogens with zero attached hydrogens (tertiary/aromatic N) is 4. The Labute approximate surface area is 182 Å². The topological polar surface area (TPSA) is 80.1 Å². The van der Waals surface area contributed by atoms with Crippen LogP contribution in [-0.4, -0.2) is 50.5 Å². The number of rotatable bonds is 3. The molecule has 2 aromatic heterocycles. The second-order valence-electron chi connectivity index (χ2n) is 7.93. The number of fused-ring (bicyclic) bond motifs is 1. The Kier molecular flexibility index (Phi) is 5.62. The van der Waals surface area contributed by atoms with Gasteiger partial charge in [0.25, 0.3) is 0 Å². The molecule has 1 aliphatic rings. The van der Waals surface area contributed by atoms with Gasteiger partial charge in [0.15, 0.2) is 0 Å². The Morgan fingerprint density at radius 3 is 2.41 bits per heavy atom. The van der Waals surface area contributed by atoms with Crippen LogP contribution in [0.5, 0.6) is 0 Å². The molecule has 1 saturated heterocycles. The molecule has 3 heterocycles. The number of aromatic nitrogens is 3. The highest BCUT2D eigenvalue weighted by molar-refractivity contribution is 5.95. The molecule has 4 rings (SSSR count). The van der Waals surface area contributed by atoms with E-state index in [1.165, 1.54) is 0 Å². The molecule has 2 amide bonds. The zero-order valence-electron chi connectivity index (χ0n) is 17.6. The van der Waals surface area contributed by atoms with Crippen molar-refractivity contribution in [1.29, 1.82) is 0 Å². The fraction of sp³-hybridized carbons (Fsp3) is 0.364. The van der Waals surface area contributed by atoms with E-state index < -0.39 is 18.0 Å². The van der Waals surface area contributed by atoms with E-state index in [1.807, 2.05) is 36.7 Å². The molecule has 168 valence electrons. The van der Waals surface area contributed by atoms with E-state index in [0.717, 1.165) is 32.8 Å². The van der Waals surface area contributed by atoms with Gasteiger partial charge in [0.05, 0.1) is 11.9 Å². The second-order valence-corrected chi connectivity index (χ2v) is 7.93. The van der Waals surface area contributed by atoms with Gasteiger partial charge in [0.1, 0.15) is 11.6 Å². The van der Waals surface area contributed by atoms with Gasteiger partial charge in [-0.25, -0.2) is 9.97 Å². The number of halogens is 3. The van der Waals surface area contributed by atoms with Crippen LogP contribution in [0.4, 0.5) is 19.0 Å². The number of hydrogen-bond acceptors (Lipinski definition) is 4. The molecule has 0 bridgehead atoms. The molecule has 0 radical (unpaired) electrons. The second kappa shape index (κ2) is 8.25. The van der Waals surface area contributed by atoms with Gasteiger partial charge in [0.2, 0.25) is 5.91 Å². The van der Waals surface area contributed by atoms with Gasteiger partial charge >= 0.3 is 12.1 Å². The number of carbonyl (C=O) groups excluding carboxylic acids is 2. The standard InChI is InChI=1S/C22H22F3N5O2/c1-13-26-12-18(29(13)2)15-3-4-16-11-27-19(10-17(16)9-15)28-20(31)14-5-7-30(8-6-14)21(32)22(23,24)25/h3-4,9-12,14H,5-8H2,1-2H3,(H,27,28,31). The van der Waals surface area contributed by atoms with Crippen LogP contribution in [0.15, 0.2) is 36.7 Å². The first kappa shape index (κ1) is 21.8. The van der Waals surface area contributed by atoms with Crippen molar-refractivity contribution in [3.05, 3.63) is 42.5 Å². The maximum Gasteiger partial charge on any atom is 0.471 e. The van der Waals surface area contributed by atoms with Crippen molar-refractivity contribution in [2.75, 3.05) is 18.4 Å². The minimum absolute atomic E-state index is 0.102. The molecule has 0 saturated carbocycles. The molecule has 0 atom stereocenters. The highest BCUT2D eigenvalue weighted by Gasteiger charge is 2.43. The Hall–Kier alpha value is -3.43. The minimum Gasteiger partial charge on any atom is -0.335 e. The summed E-state index contributed by atoms with van der Waals surface area (Å²) in [5.41, 5.74) is 1.94. The highest BCUT2D eigenvalue weighted by atomic mass is 19.4. The number of aryl methyl sites for hydroxylation is 1. The number of imidazole rings is 1. The first-order valence-corrected chi connectivity index (χ1v) is 10.2. The van der Waals surface area contributed by atoms with E-state index >= 15 is 0 Å². The van der Waals surface area contributed by atoms with Crippen molar-refractivity contribution >= 4 is 28.4 Å². The van der Waals surface area contributed by atoms with Crippen molar-refractivity contribution in [1.82, 2.24) is 19.4 Å². The summed E-state index contributed by atoms with van der Waals surface area (Å²) in [6.07, 6.45) is -1.09. The Morgan fingerprint density at radius 1 is 1.06 bits per heavy atom. The van der Waals surface area contributed by atoms with E-state index in [0.29, 0.717) is 5.82 Å². The number of amides is 2. The van der Waals surface area contributed by atoms with Crippen LogP contribution in [0, 0.1) is 12.8 Å². The fourth-order valence-corrected chi connectivity index (χ4v) is 3.89. The van der Waals surface area contributed by atoms with Gasteiger partial charge in [0, 0.05) is 43.2 Å². The number of piperidine rings is 1.